The van der Waals surface area contributed by atoms with Crippen LogP contribution in [0.4, 0.5) is 9.59 Å². The molecule has 0 unspecified atom stereocenters. The number of benzene rings is 3. The number of carbonyl (C=O) groups excluding carboxylic acids is 4. The maximum Gasteiger partial charge on any atom is 0.407 e. The third-order valence-corrected chi connectivity index (χ3v) is 7.24. The van der Waals surface area contributed by atoms with Crippen LogP contribution in [-0.2, 0) is 25.5 Å². The third kappa shape index (κ3) is 10.9. The fourth-order valence-electron chi connectivity index (χ4n) is 5.19. The molecule has 254 valence electrons. The van der Waals surface area contributed by atoms with Crippen molar-refractivity contribution in [3.8, 4) is 16.9 Å². The van der Waals surface area contributed by atoms with E-state index in [9.17, 15) is 19.2 Å². The predicted octanol–water partition coefficient (Wildman–Crippen LogP) is 4.67. The van der Waals surface area contributed by atoms with Gasteiger partial charge in [-0.3, -0.25) is 9.59 Å². The van der Waals surface area contributed by atoms with Crippen LogP contribution in [0.1, 0.15) is 56.7 Å². The summed E-state index contributed by atoms with van der Waals surface area (Å²) in [4.78, 5) is 49.4. The van der Waals surface area contributed by atoms with E-state index in [4.69, 9.17) is 14.2 Å². The molecule has 0 aromatic heterocycles. The van der Waals surface area contributed by atoms with Crippen molar-refractivity contribution in [2.24, 2.45) is 5.10 Å². The highest BCUT2D eigenvalue weighted by Gasteiger charge is 2.29. The topological polar surface area (TPSA) is 156 Å². The Hall–Kier alpha value is -5.39. The number of alkyl carbamates (subject to hydrolysis) is 1. The minimum absolute atomic E-state index is 0.0602. The van der Waals surface area contributed by atoms with Crippen molar-refractivity contribution in [2.45, 2.75) is 58.1 Å². The number of hydrogen-bond donors (Lipinski definition) is 4. The van der Waals surface area contributed by atoms with E-state index in [-0.39, 0.29) is 31.5 Å². The summed E-state index contributed by atoms with van der Waals surface area (Å²) in [6, 6.07) is 21.8. The molecule has 3 aromatic carbocycles. The maximum absolute atomic E-state index is 12.9. The van der Waals surface area contributed by atoms with Crippen LogP contribution in [0.5, 0.6) is 5.75 Å². The van der Waals surface area contributed by atoms with Crippen molar-refractivity contribution in [1.29, 1.82) is 0 Å². The van der Waals surface area contributed by atoms with E-state index in [1.807, 2.05) is 55.5 Å². The first-order valence-electron chi connectivity index (χ1n) is 15.9. The summed E-state index contributed by atoms with van der Waals surface area (Å²) in [6.45, 7) is 7.97. The van der Waals surface area contributed by atoms with Gasteiger partial charge in [0.2, 0.25) is 0 Å². The molecule has 12 heteroatoms. The summed E-state index contributed by atoms with van der Waals surface area (Å²) in [5.41, 5.74) is 6.96. The lowest BCUT2D eigenvalue weighted by molar-refractivity contribution is -0.154. The van der Waals surface area contributed by atoms with E-state index in [1.54, 1.807) is 32.9 Å². The zero-order chi connectivity index (χ0) is 34.5. The predicted molar refractivity (Wildman–Crippen MR) is 182 cm³/mol. The van der Waals surface area contributed by atoms with Gasteiger partial charge in [-0.25, -0.2) is 15.0 Å². The third-order valence-electron chi connectivity index (χ3n) is 7.24. The molecular formula is C36H43N5O7. The Morgan fingerprint density at radius 2 is 1.54 bits per heavy atom. The molecular weight excluding hydrogens is 614 g/mol. The van der Waals surface area contributed by atoms with Crippen LogP contribution in [0.15, 0.2) is 77.9 Å². The molecule has 4 N–H and O–H groups in total. The Kier molecular flexibility index (Phi) is 12.5. The summed E-state index contributed by atoms with van der Waals surface area (Å²) in [6.07, 6.45) is 0.835. The SMILES string of the molecule is CCNC(=O)COc1ccc(CCNC(=O)N/N=C\[C@H](CC(=O)OC(C)(C)C)NC(=O)OCC2c3ccccc3-c3ccccc32)cc1. The molecule has 0 heterocycles. The fraction of sp³-hybridized carbons (Fsp3) is 0.361. The van der Waals surface area contributed by atoms with E-state index in [1.165, 1.54) is 6.21 Å². The summed E-state index contributed by atoms with van der Waals surface area (Å²) >= 11 is 0. The van der Waals surface area contributed by atoms with Gasteiger partial charge >= 0.3 is 18.1 Å². The lowest BCUT2D eigenvalue weighted by atomic mass is 9.98. The zero-order valence-electron chi connectivity index (χ0n) is 27.7. The monoisotopic (exact) mass is 657 g/mol. The van der Waals surface area contributed by atoms with Crippen LogP contribution in [0.3, 0.4) is 0 Å². The number of hydrogen-bond acceptors (Lipinski definition) is 8. The molecule has 48 heavy (non-hydrogen) atoms. The molecule has 3 aromatic rings. The van der Waals surface area contributed by atoms with Crippen LogP contribution >= 0.6 is 0 Å². The van der Waals surface area contributed by atoms with E-state index < -0.39 is 29.7 Å². The summed E-state index contributed by atoms with van der Waals surface area (Å²) in [7, 11) is 0. The van der Waals surface area contributed by atoms with Gasteiger partial charge in [0.25, 0.3) is 5.91 Å². The highest BCUT2D eigenvalue weighted by molar-refractivity contribution is 5.83. The molecule has 1 aliphatic carbocycles. The molecule has 0 radical (unpaired) electrons. The molecule has 4 amide bonds. The average Bonchev–Trinajstić information content (AvgIpc) is 3.36. The first-order chi connectivity index (χ1) is 23.0. The minimum Gasteiger partial charge on any atom is -0.484 e. The Labute approximate surface area is 280 Å². The highest BCUT2D eigenvalue weighted by atomic mass is 16.6. The summed E-state index contributed by atoms with van der Waals surface area (Å²) in [5.74, 6) is -0.305. The van der Waals surface area contributed by atoms with Crippen LogP contribution in [-0.4, -0.2) is 68.2 Å². The number of likely N-dealkylation sites (N-methyl/N-ethyl adjacent to an activating group) is 1. The van der Waals surface area contributed by atoms with Gasteiger partial charge in [0.05, 0.1) is 12.5 Å². The van der Waals surface area contributed by atoms with E-state index in [2.05, 4.69) is 38.6 Å². The van der Waals surface area contributed by atoms with Gasteiger partial charge in [-0.05, 0) is 74.1 Å². The lowest BCUT2D eigenvalue weighted by Gasteiger charge is -2.21. The molecule has 12 nitrogen and oxygen atoms in total. The molecule has 0 bridgehead atoms. The number of nitrogens with one attached hydrogen (secondary N) is 4. The fourth-order valence-corrected chi connectivity index (χ4v) is 5.19. The zero-order valence-corrected chi connectivity index (χ0v) is 27.7. The number of hydrazone groups is 1. The Morgan fingerprint density at radius 3 is 2.17 bits per heavy atom. The molecule has 0 saturated carbocycles. The second-order valence-electron chi connectivity index (χ2n) is 12.1. The number of carbonyl (C=O) groups is 4. The quantitative estimate of drug-likeness (QED) is 0.112. The number of urea groups is 1. The number of rotatable bonds is 14. The minimum atomic E-state index is -0.912. The van der Waals surface area contributed by atoms with Crippen molar-refractivity contribution in [1.82, 2.24) is 21.4 Å². The van der Waals surface area contributed by atoms with Gasteiger partial charge in [0.1, 0.15) is 18.0 Å². The van der Waals surface area contributed by atoms with Crippen molar-refractivity contribution in [3.63, 3.8) is 0 Å². The normalized spacial score (nSPS) is 12.8. The van der Waals surface area contributed by atoms with Crippen molar-refractivity contribution in [3.05, 3.63) is 89.5 Å². The average molecular weight is 658 g/mol. The number of fused-ring (bicyclic) bond motifs is 3. The Morgan fingerprint density at radius 1 is 0.896 bits per heavy atom. The number of ether oxygens (including phenoxy) is 3. The van der Waals surface area contributed by atoms with Gasteiger partial charge in [-0.2, -0.15) is 5.10 Å². The van der Waals surface area contributed by atoms with Crippen LogP contribution in [0.2, 0.25) is 0 Å². The molecule has 0 saturated heterocycles. The number of esters is 1. The molecule has 0 aliphatic heterocycles. The standard InChI is InChI=1S/C36H43N5O7/c1-5-37-32(42)23-46-26-16-14-24(15-17-26)18-19-38-34(44)41-39-21-25(20-33(43)48-36(2,3)4)40-35(45)47-22-31-29-12-8-6-10-27(29)28-11-7-9-13-30(28)31/h6-17,21,25,31H,5,18-20,22-23H2,1-4H3,(H,37,42)(H,40,45)(H2,38,41,44)/b39-21-/t25-/m0/s1. The van der Waals surface area contributed by atoms with Crippen LogP contribution in [0, 0.1) is 0 Å². The molecule has 1 atom stereocenters. The summed E-state index contributed by atoms with van der Waals surface area (Å²) < 4.78 is 16.5. The van der Waals surface area contributed by atoms with Crippen molar-refractivity contribution in [2.75, 3.05) is 26.3 Å². The first-order valence-corrected chi connectivity index (χ1v) is 15.9. The Bertz CT molecular complexity index is 1560. The smallest absolute Gasteiger partial charge is 0.407 e. The number of amides is 4. The Balaban J connectivity index is 1.27. The largest absolute Gasteiger partial charge is 0.484 e. The highest BCUT2D eigenvalue weighted by Crippen LogP contribution is 2.44. The molecule has 4 rings (SSSR count). The van der Waals surface area contributed by atoms with Gasteiger partial charge < -0.3 is 30.2 Å². The van der Waals surface area contributed by atoms with Gasteiger partial charge in [-0.15, -0.1) is 0 Å². The van der Waals surface area contributed by atoms with Gasteiger partial charge in [0, 0.05) is 25.2 Å². The lowest BCUT2D eigenvalue weighted by Crippen LogP contribution is -2.41. The van der Waals surface area contributed by atoms with E-state index in [0.29, 0.717) is 25.3 Å². The van der Waals surface area contributed by atoms with Gasteiger partial charge in [-0.1, -0.05) is 60.7 Å². The molecule has 0 spiro atoms. The number of nitrogens with zero attached hydrogens (tertiary/aromatic N) is 1. The summed E-state index contributed by atoms with van der Waals surface area (Å²) in [5, 5.41) is 12.0. The van der Waals surface area contributed by atoms with Crippen LogP contribution < -0.4 is 26.1 Å². The van der Waals surface area contributed by atoms with Crippen LogP contribution in [0.25, 0.3) is 11.1 Å². The second-order valence-corrected chi connectivity index (χ2v) is 12.1. The van der Waals surface area contributed by atoms with E-state index >= 15 is 0 Å². The maximum atomic E-state index is 12.9. The van der Waals surface area contributed by atoms with Crippen molar-refractivity contribution >= 4 is 30.2 Å². The first kappa shape index (κ1) is 35.5. The molecule has 1 aliphatic rings. The van der Waals surface area contributed by atoms with Crippen molar-refractivity contribution < 1.29 is 33.4 Å². The second kappa shape index (κ2) is 17.0. The van der Waals surface area contributed by atoms with E-state index in [0.717, 1.165) is 27.8 Å². The van der Waals surface area contributed by atoms with Gasteiger partial charge in [0.15, 0.2) is 6.61 Å². The molecule has 0 fully saturated rings.